The molecule has 0 unspecified atom stereocenters. The van der Waals surface area contributed by atoms with Gasteiger partial charge in [0.25, 0.3) is 5.56 Å². The first-order valence-electron chi connectivity index (χ1n) is 7.73. The van der Waals surface area contributed by atoms with E-state index >= 15 is 0 Å². The lowest BCUT2D eigenvalue weighted by molar-refractivity contribution is -0.139. The van der Waals surface area contributed by atoms with Crippen LogP contribution in [0.2, 0.25) is 0 Å². The summed E-state index contributed by atoms with van der Waals surface area (Å²) >= 11 is 1.23. The highest BCUT2D eigenvalue weighted by Crippen LogP contribution is 2.22. The molecule has 0 radical (unpaired) electrons. The van der Waals surface area contributed by atoms with Gasteiger partial charge in [0.05, 0.1) is 25.0 Å². The number of hydrogen-bond donors (Lipinski definition) is 1. The Morgan fingerprint density at radius 2 is 2.12 bits per heavy atom. The fraction of sp³-hybridized carbons (Fsp3) is 0.235. The van der Waals surface area contributed by atoms with Crippen LogP contribution in [0.3, 0.4) is 0 Å². The van der Waals surface area contributed by atoms with Gasteiger partial charge in [0.15, 0.2) is 5.16 Å². The van der Waals surface area contributed by atoms with E-state index in [9.17, 15) is 9.59 Å². The molecule has 2 heterocycles. The van der Waals surface area contributed by atoms with E-state index in [4.69, 9.17) is 4.52 Å². The van der Waals surface area contributed by atoms with Crippen LogP contribution in [0.25, 0.3) is 11.4 Å². The average molecular weight is 372 g/mol. The van der Waals surface area contributed by atoms with Gasteiger partial charge in [-0.05, 0) is 12.5 Å². The quantitative estimate of drug-likeness (QED) is 0.398. The molecule has 3 rings (SSSR count). The number of benzene rings is 1. The number of thioether (sulfide) groups is 1. The molecule has 0 aliphatic carbocycles. The zero-order chi connectivity index (χ0) is 18.5. The highest BCUT2D eigenvalue weighted by atomic mass is 32.2. The van der Waals surface area contributed by atoms with Gasteiger partial charge in [0.1, 0.15) is 0 Å². The summed E-state index contributed by atoms with van der Waals surface area (Å²) in [6, 6.07) is 9.02. The van der Waals surface area contributed by atoms with E-state index in [0.717, 1.165) is 11.1 Å². The maximum Gasteiger partial charge on any atom is 0.311 e. The van der Waals surface area contributed by atoms with Gasteiger partial charge in [-0.1, -0.05) is 41.2 Å². The zero-order valence-electron chi connectivity index (χ0n) is 14.2. The second kappa shape index (κ2) is 7.96. The van der Waals surface area contributed by atoms with Gasteiger partial charge >= 0.3 is 5.97 Å². The minimum absolute atomic E-state index is 0.0635. The molecule has 8 nitrogen and oxygen atoms in total. The van der Waals surface area contributed by atoms with Crippen molar-refractivity contribution in [2.75, 3.05) is 7.11 Å². The Bertz CT molecular complexity index is 983. The van der Waals surface area contributed by atoms with Crippen LogP contribution < -0.4 is 5.56 Å². The first kappa shape index (κ1) is 17.9. The minimum Gasteiger partial charge on any atom is -0.469 e. The van der Waals surface area contributed by atoms with Gasteiger partial charge in [-0.25, -0.2) is 4.98 Å². The van der Waals surface area contributed by atoms with Gasteiger partial charge in [0, 0.05) is 11.6 Å². The van der Waals surface area contributed by atoms with Gasteiger partial charge < -0.3 is 14.2 Å². The summed E-state index contributed by atoms with van der Waals surface area (Å²) in [5.74, 6) is 0.802. The Labute approximate surface area is 153 Å². The second-order valence-electron chi connectivity index (χ2n) is 5.41. The van der Waals surface area contributed by atoms with E-state index in [1.807, 2.05) is 31.2 Å². The summed E-state index contributed by atoms with van der Waals surface area (Å²) in [7, 11) is 1.28. The monoisotopic (exact) mass is 372 g/mol. The number of aromatic nitrogens is 4. The van der Waals surface area contributed by atoms with Crippen molar-refractivity contribution in [1.29, 1.82) is 0 Å². The fourth-order valence-electron chi connectivity index (χ4n) is 2.24. The van der Waals surface area contributed by atoms with Crippen LogP contribution in [0.15, 0.2) is 44.8 Å². The van der Waals surface area contributed by atoms with Crippen LogP contribution in [-0.2, 0) is 21.7 Å². The molecule has 2 aromatic heterocycles. The van der Waals surface area contributed by atoms with Crippen LogP contribution >= 0.6 is 11.8 Å². The molecule has 0 spiro atoms. The van der Waals surface area contributed by atoms with Gasteiger partial charge in [0.2, 0.25) is 11.7 Å². The lowest BCUT2D eigenvalue weighted by atomic mass is 10.1. The molecule has 9 heteroatoms. The lowest BCUT2D eigenvalue weighted by Gasteiger charge is -2.02. The average Bonchev–Trinajstić information content (AvgIpc) is 3.08. The second-order valence-corrected chi connectivity index (χ2v) is 6.37. The normalized spacial score (nSPS) is 10.7. The minimum atomic E-state index is -0.459. The Morgan fingerprint density at radius 3 is 2.88 bits per heavy atom. The maximum atomic E-state index is 11.7. The number of ether oxygens (including phenoxy) is 1. The first-order chi connectivity index (χ1) is 12.5. The third kappa shape index (κ3) is 4.37. The molecule has 0 fully saturated rings. The Balaban J connectivity index is 1.71. The highest BCUT2D eigenvalue weighted by Gasteiger charge is 2.12. The Kier molecular flexibility index (Phi) is 5.47. The summed E-state index contributed by atoms with van der Waals surface area (Å²) in [5.41, 5.74) is 1.95. The first-order valence-corrected chi connectivity index (χ1v) is 8.72. The lowest BCUT2D eigenvalue weighted by Crippen LogP contribution is -2.13. The Hall–Kier alpha value is -2.94. The van der Waals surface area contributed by atoms with Crippen molar-refractivity contribution >= 4 is 17.7 Å². The van der Waals surface area contributed by atoms with Crippen molar-refractivity contribution in [1.82, 2.24) is 20.1 Å². The number of aryl methyl sites for hydroxylation is 1. The molecule has 0 saturated carbocycles. The van der Waals surface area contributed by atoms with E-state index in [1.165, 1.54) is 24.9 Å². The van der Waals surface area contributed by atoms with Gasteiger partial charge in [-0.15, -0.1) is 0 Å². The van der Waals surface area contributed by atoms with E-state index in [1.54, 1.807) is 0 Å². The summed E-state index contributed by atoms with van der Waals surface area (Å²) < 4.78 is 9.85. The van der Waals surface area contributed by atoms with Crippen molar-refractivity contribution in [3.63, 3.8) is 0 Å². The molecule has 26 heavy (non-hydrogen) atoms. The van der Waals surface area contributed by atoms with Gasteiger partial charge in [-0.2, -0.15) is 4.98 Å². The largest absolute Gasteiger partial charge is 0.469 e. The third-order valence-corrected chi connectivity index (χ3v) is 4.37. The van der Waals surface area contributed by atoms with Gasteiger partial charge in [-0.3, -0.25) is 9.59 Å². The van der Waals surface area contributed by atoms with Crippen molar-refractivity contribution in [3.8, 4) is 11.4 Å². The predicted molar refractivity (Wildman–Crippen MR) is 94.6 cm³/mol. The van der Waals surface area contributed by atoms with E-state index in [0.29, 0.717) is 28.3 Å². The number of nitrogens with zero attached hydrogens (tertiary/aromatic N) is 3. The number of nitrogens with one attached hydrogen (secondary N) is 1. The molecule has 0 amide bonds. The molecule has 1 N–H and O–H groups in total. The van der Waals surface area contributed by atoms with Crippen LogP contribution in [0.5, 0.6) is 0 Å². The molecule has 0 bridgehead atoms. The summed E-state index contributed by atoms with van der Waals surface area (Å²) in [5, 5.41) is 4.36. The van der Waals surface area contributed by atoms with E-state index in [2.05, 4.69) is 24.8 Å². The molecule has 3 aromatic rings. The molecule has 0 saturated heterocycles. The smallest absolute Gasteiger partial charge is 0.311 e. The molecule has 134 valence electrons. The molecule has 0 aliphatic heterocycles. The van der Waals surface area contributed by atoms with Crippen LogP contribution in [0.1, 0.15) is 17.1 Å². The number of esters is 1. The number of carbonyl (C=O) groups is 1. The molecular formula is C17H16N4O4S. The molecular weight excluding hydrogens is 356 g/mol. The summed E-state index contributed by atoms with van der Waals surface area (Å²) in [4.78, 5) is 34.3. The number of methoxy groups -OCH3 is 1. The summed E-state index contributed by atoms with van der Waals surface area (Å²) in [6.07, 6.45) is -0.0635. The predicted octanol–water partition coefficient (Wildman–Crippen LogP) is 2.14. The summed E-state index contributed by atoms with van der Waals surface area (Å²) in [6.45, 7) is 1.97. The third-order valence-electron chi connectivity index (χ3n) is 3.51. The van der Waals surface area contributed by atoms with Crippen molar-refractivity contribution in [2.24, 2.45) is 0 Å². The zero-order valence-corrected chi connectivity index (χ0v) is 15.0. The van der Waals surface area contributed by atoms with E-state index < -0.39 is 5.97 Å². The van der Waals surface area contributed by atoms with Crippen LogP contribution in [-0.4, -0.2) is 33.2 Å². The van der Waals surface area contributed by atoms with E-state index in [-0.39, 0.29) is 12.0 Å². The Morgan fingerprint density at radius 1 is 1.31 bits per heavy atom. The van der Waals surface area contributed by atoms with Crippen molar-refractivity contribution in [2.45, 2.75) is 24.3 Å². The number of hydrogen-bond acceptors (Lipinski definition) is 8. The fourth-order valence-corrected chi connectivity index (χ4v) is 2.97. The SMILES string of the molecule is COC(=O)Cc1cc(=O)[nH]c(SCc2nc(-c3ccccc3C)no2)n1. The highest BCUT2D eigenvalue weighted by molar-refractivity contribution is 7.98. The molecule has 0 aliphatic rings. The number of H-pyrrole nitrogens is 1. The van der Waals surface area contributed by atoms with Crippen molar-refractivity contribution in [3.05, 3.63) is 57.8 Å². The molecule has 1 aromatic carbocycles. The molecule has 0 atom stereocenters. The number of carbonyl (C=O) groups excluding carboxylic acids is 1. The topological polar surface area (TPSA) is 111 Å². The van der Waals surface area contributed by atoms with Crippen molar-refractivity contribution < 1.29 is 14.1 Å². The number of aromatic amines is 1. The van der Waals surface area contributed by atoms with Crippen LogP contribution in [0, 0.1) is 6.92 Å². The maximum absolute atomic E-state index is 11.7. The van der Waals surface area contributed by atoms with Crippen LogP contribution in [0.4, 0.5) is 0 Å². The number of rotatable bonds is 6. The standard InChI is InChI=1S/C17H16N4O4S/c1-10-5-3-4-6-12(10)16-20-14(25-21-16)9-26-17-18-11(7-13(22)19-17)8-15(23)24-2/h3-7H,8-9H2,1-2H3,(H,18,19,22).